The summed E-state index contributed by atoms with van der Waals surface area (Å²) in [5.74, 6) is 0.573. The zero-order chi connectivity index (χ0) is 15.9. The van der Waals surface area contributed by atoms with E-state index in [-0.39, 0.29) is 31.9 Å². The fourth-order valence-corrected chi connectivity index (χ4v) is 4.39. The standard InChI is InChI=1S/C14H17Br2N.C5H8.2CH3.Fe/c1-17(2)14(11-7-5-9-13(11)16)10-6-3-4-8-12(10)15;1-2-4-5-3-1;;;/h3-4,6,8-9,11,14H,5,7H2,1-2H3;1-2H,3-5H2;2*1H3;/q;;2*-1;+2/t11-,14?;;;;/m1..../s1. The third-order valence-corrected chi connectivity index (χ3v) is 5.87. The van der Waals surface area contributed by atoms with Crippen LogP contribution in [0.1, 0.15) is 43.7 Å². The van der Waals surface area contributed by atoms with Crippen LogP contribution in [0.5, 0.6) is 0 Å². The van der Waals surface area contributed by atoms with Crippen molar-refractivity contribution in [3.8, 4) is 0 Å². The van der Waals surface area contributed by atoms with Crippen LogP contribution in [0.3, 0.4) is 0 Å². The van der Waals surface area contributed by atoms with Gasteiger partial charge in [-0.3, -0.25) is 0 Å². The summed E-state index contributed by atoms with van der Waals surface area (Å²) in [6.45, 7) is 0. The van der Waals surface area contributed by atoms with E-state index in [2.05, 4.69) is 93.3 Å². The van der Waals surface area contributed by atoms with Gasteiger partial charge in [-0.25, -0.2) is 0 Å². The van der Waals surface area contributed by atoms with E-state index in [1.807, 2.05) is 0 Å². The van der Waals surface area contributed by atoms with Gasteiger partial charge in [0.05, 0.1) is 0 Å². The molecule has 0 aliphatic heterocycles. The molecule has 1 aromatic carbocycles. The van der Waals surface area contributed by atoms with Gasteiger partial charge in [-0.1, -0.05) is 68.3 Å². The molecule has 2 aliphatic rings. The van der Waals surface area contributed by atoms with E-state index in [9.17, 15) is 0 Å². The minimum Gasteiger partial charge on any atom is -0.358 e. The summed E-state index contributed by atoms with van der Waals surface area (Å²) in [7, 11) is 4.31. The monoisotopic (exact) mass is 511 g/mol. The van der Waals surface area contributed by atoms with Crippen LogP contribution in [0.15, 0.2) is 51.4 Å². The minimum absolute atomic E-state index is 0. The fourth-order valence-electron chi connectivity index (χ4n) is 3.16. The van der Waals surface area contributed by atoms with E-state index in [1.54, 1.807) is 0 Å². The van der Waals surface area contributed by atoms with Crippen LogP contribution in [0.25, 0.3) is 0 Å². The Morgan fingerprint density at radius 3 is 2.00 bits per heavy atom. The number of rotatable bonds is 3. The molecular weight excluding hydrogens is 482 g/mol. The maximum Gasteiger partial charge on any atom is 2.00 e. The molecule has 1 nitrogen and oxygen atoms in total. The molecule has 0 saturated heterocycles. The topological polar surface area (TPSA) is 3.24 Å². The summed E-state index contributed by atoms with van der Waals surface area (Å²) >= 11 is 7.39. The first-order chi connectivity index (χ1) is 10.6. The van der Waals surface area contributed by atoms with Crippen LogP contribution in [-0.2, 0) is 17.1 Å². The fraction of sp³-hybridized carbons (Fsp3) is 0.429. The zero-order valence-electron chi connectivity index (χ0n) is 15.8. The van der Waals surface area contributed by atoms with Crippen molar-refractivity contribution in [2.75, 3.05) is 14.1 Å². The van der Waals surface area contributed by atoms with E-state index in [4.69, 9.17) is 0 Å². The van der Waals surface area contributed by atoms with Crippen molar-refractivity contribution < 1.29 is 17.1 Å². The molecule has 0 fully saturated rings. The Bertz CT molecular complexity index is 534. The molecule has 0 radical (unpaired) electrons. The van der Waals surface area contributed by atoms with Gasteiger partial charge in [-0.2, -0.15) is 0 Å². The summed E-state index contributed by atoms with van der Waals surface area (Å²) in [5, 5.41) is 0. The molecule has 0 N–H and O–H groups in total. The van der Waals surface area contributed by atoms with Crippen LogP contribution in [0.4, 0.5) is 0 Å². The predicted molar refractivity (Wildman–Crippen MR) is 116 cm³/mol. The van der Waals surface area contributed by atoms with Crippen molar-refractivity contribution in [3.05, 3.63) is 71.9 Å². The first kappa shape index (κ1) is 27.4. The third kappa shape index (κ3) is 8.13. The average molecular weight is 513 g/mol. The van der Waals surface area contributed by atoms with Gasteiger partial charge in [0.25, 0.3) is 0 Å². The molecule has 2 aliphatic carbocycles. The quantitative estimate of drug-likeness (QED) is 0.232. The van der Waals surface area contributed by atoms with Crippen molar-refractivity contribution in [1.82, 2.24) is 4.90 Å². The van der Waals surface area contributed by atoms with Crippen molar-refractivity contribution in [1.29, 1.82) is 0 Å². The Kier molecular flexibility index (Phi) is 15.6. The van der Waals surface area contributed by atoms with Gasteiger partial charge in [0.2, 0.25) is 0 Å². The van der Waals surface area contributed by atoms with Gasteiger partial charge < -0.3 is 19.8 Å². The molecule has 0 heterocycles. The molecule has 0 spiro atoms. The Morgan fingerprint density at radius 2 is 1.60 bits per heavy atom. The van der Waals surface area contributed by atoms with Crippen LogP contribution in [0, 0.1) is 20.8 Å². The third-order valence-electron chi connectivity index (χ3n) is 4.24. The Morgan fingerprint density at radius 1 is 1.00 bits per heavy atom. The second-order valence-electron chi connectivity index (χ2n) is 6.11. The van der Waals surface area contributed by atoms with Crippen LogP contribution in [0.2, 0.25) is 0 Å². The summed E-state index contributed by atoms with van der Waals surface area (Å²) in [6, 6.07) is 8.95. The van der Waals surface area contributed by atoms with Crippen molar-refractivity contribution >= 4 is 31.9 Å². The van der Waals surface area contributed by atoms with Crippen molar-refractivity contribution in [2.45, 2.75) is 38.1 Å². The smallest absolute Gasteiger partial charge is 0.358 e. The molecular formula is C21H31Br2FeN. The molecule has 2 atom stereocenters. The first-order valence-corrected chi connectivity index (χ1v) is 9.61. The maximum atomic E-state index is 3.71. The van der Waals surface area contributed by atoms with Gasteiger partial charge >= 0.3 is 17.1 Å². The van der Waals surface area contributed by atoms with Gasteiger partial charge in [-0.05, 0) is 62.3 Å². The molecule has 0 aromatic heterocycles. The number of nitrogens with zero attached hydrogens (tertiary/aromatic N) is 1. The summed E-state index contributed by atoms with van der Waals surface area (Å²) in [4.78, 5) is 2.31. The van der Waals surface area contributed by atoms with E-state index >= 15 is 0 Å². The van der Waals surface area contributed by atoms with E-state index in [1.165, 1.54) is 46.6 Å². The first-order valence-electron chi connectivity index (χ1n) is 8.02. The Labute approximate surface area is 183 Å². The Balaban J connectivity index is 0. The number of hydrogen-bond acceptors (Lipinski definition) is 1. The zero-order valence-corrected chi connectivity index (χ0v) is 20.1. The number of halogens is 2. The molecule has 0 saturated carbocycles. The van der Waals surface area contributed by atoms with Crippen molar-refractivity contribution in [2.24, 2.45) is 5.92 Å². The van der Waals surface area contributed by atoms with Gasteiger partial charge in [-0.15, -0.1) is 0 Å². The summed E-state index contributed by atoms with van der Waals surface area (Å²) in [5.41, 5.74) is 1.37. The molecule has 0 bridgehead atoms. The second-order valence-corrected chi connectivity index (χ2v) is 7.88. The average Bonchev–Trinajstić information content (AvgIpc) is 3.17. The van der Waals surface area contributed by atoms with E-state index < -0.39 is 0 Å². The van der Waals surface area contributed by atoms with Gasteiger partial charge in [0.15, 0.2) is 0 Å². The predicted octanol–water partition coefficient (Wildman–Crippen LogP) is 7.37. The van der Waals surface area contributed by atoms with Gasteiger partial charge in [0.1, 0.15) is 0 Å². The molecule has 1 unspecified atom stereocenters. The van der Waals surface area contributed by atoms with Crippen LogP contribution in [-0.4, -0.2) is 19.0 Å². The van der Waals surface area contributed by atoms with E-state index in [0.29, 0.717) is 12.0 Å². The maximum absolute atomic E-state index is 3.71. The van der Waals surface area contributed by atoms with E-state index in [0.717, 1.165) is 0 Å². The molecule has 3 rings (SSSR count). The molecule has 4 heteroatoms. The molecule has 142 valence electrons. The second kappa shape index (κ2) is 14.2. The minimum atomic E-state index is 0. The number of hydrogen-bond donors (Lipinski definition) is 0. The SMILES string of the molecule is C1=CCCC1.CN(C)C(c1ccccc1Br)[C@@H]1CCC=C1Br.[CH3-].[CH3-].[Fe+2]. The normalized spacial score (nSPS) is 18.9. The summed E-state index contributed by atoms with van der Waals surface area (Å²) in [6.07, 6.45) is 13.2. The molecule has 1 aromatic rings. The number of benzene rings is 1. The van der Waals surface area contributed by atoms with Crippen LogP contribution >= 0.6 is 31.9 Å². The van der Waals surface area contributed by atoms with Crippen LogP contribution < -0.4 is 0 Å². The molecule has 25 heavy (non-hydrogen) atoms. The Hall–Kier alpha value is 0.139. The largest absolute Gasteiger partial charge is 2.00 e. The molecule has 0 amide bonds. The summed E-state index contributed by atoms with van der Waals surface area (Å²) < 4.78 is 2.55. The van der Waals surface area contributed by atoms with Gasteiger partial charge in [0, 0.05) is 16.4 Å². The number of allylic oxidation sites excluding steroid dienone is 3. The van der Waals surface area contributed by atoms with Crippen molar-refractivity contribution in [3.63, 3.8) is 0 Å².